The lowest BCUT2D eigenvalue weighted by molar-refractivity contribution is -0.141. The van der Waals surface area contributed by atoms with Gasteiger partial charge < -0.3 is 14.7 Å². The van der Waals surface area contributed by atoms with Crippen LogP contribution < -0.4 is 16.0 Å². The second-order valence-electron chi connectivity index (χ2n) is 10.2. The summed E-state index contributed by atoms with van der Waals surface area (Å²) in [7, 11) is 1.85. The van der Waals surface area contributed by atoms with Crippen molar-refractivity contribution >= 4 is 5.97 Å². The molecule has 172 valence electrons. The number of nitrogens with zero attached hydrogens (tertiary/aromatic N) is 1. The number of aliphatic carboxylic acids is 1. The Kier molecular flexibility index (Phi) is 8.03. The molecule has 2 heterocycles. The van der Waals surface area contributed by atoms with E-state index in [4.69, 9.17) is 4.74 Å². The number of methoxy groups -OCH3 is 1. The van der Waals surface area contributed by atoms with Crippen LogP contribution in [0.15, 0.2) is 0 Å². The molecule has 0 amide bonds. The summed E-state index contributed by atoms with van der Waals surface area (Å²) >= 11 is 0. The van der Waals surface area contributed by atoms with Gasteiger partial charge in [0, 0.05) is 39.3 Å². The summed E-state index contributed by atoms with van der Waals surface area (Å²) in [5.41, 5.74) is 0. The van der Waals surface area contributed by atoms with E-state index in [2.05, 4.69) is 20.9 Å². The molecule has 1 unspecified atom stereocenters. The molecule has 2 aliphatic heterocycles. The van der Waals surface area contributed by atoms with Crippen molar-refractivity contribution in [2.75, 3.05) is 39.8 Å². The van der Waals surface area contributed by atoms with Gasteiger partial charge in [-0.3, -0.25) is 20.7 Å². The number of carbonyl (C=O) groups is 1. The van der Waals surface area contributed by atoms with Gasteiger partial charge in [0.1, 0.15) is 6.29 Å². The standard InChI is InChI=1S/C23H42N4O3/c1-30-21-8-4-17(5-9-21)19-12-24-23(25-13-19)26-20-6-2-16(3-7-20)14-27-11-10-18(15-27)22(28)29/h16-21,23-26H,2-15H2,1H3,(H,28,29). The zero-order valence-electron chi connectivity index (χ0n) is 18.7. The first-order valence-corrected chi connectivity index (χ1v) is 12.3. The summed E-state index contributed by atoms with van der Waals surface area (Å²) in [5, 5.41) is 20.4. The van der Waals surface area contributed by atoms with Crippen molar-refractivity contribution in [2.24, 2.45) is 23.7 Å². The van der Waals surface area contributed by atoms with E-state index in [0.717, 1.165) is 56.9 Å². The molecule has 1 atom stereocenters. The average molecular weight is 423 g/mol. The number of rotatable bonds is 7. The van der Waals surface area contributed by atoms with Crippen LogP contribution in [0.3, 0.4) is 0 Å². The van der Waals surface area contributed by atoms with Gasteiger partial charge in [-0.05, 0) is 82.1 Å². The first-order valence-electron chi connectivity index (χ1n) is 12.3. The molecular weight excluding hydrogens is 380 g/mol. The third kappa shape index (κ3) is 5.94. The third-order valence-electron chi connectivity index (χ3n) is 8.27. The van der Waals surface area contributed by atoms with Gasteiger partial charge >= 0.3 is 5.97 Å². The van der Waals surface area contributed by atoms with Gasteiger partial charge in [0.15, 0.2) is 0 Å². The third-order valence-corrected chi connectivity index (χ3v) is 8.27. The smallest absolute Gasteiger partial charge is 0.307 e. The van der Waals surface area contributed by atoms with Gasteiger partial charge in [0.05, 0.1) is 12.0 Å². The molecule has 0 aromatic heterocycles. The normalized spacial score (nSPS) is 41.0. The molecule has 30 heavy (non-hydrogen) atoms. The van der Waals surface area contributed by atoms with Crippen molar-refractivity contribution in [1.29, 1.82) is 0 Å². The molecule has 2 saturated carbocycles. The summed E-state index contributed by atoms with van der Waals surface area (Å²) in [6.45, 7) is 5.02. The highest BCUT2D eigenvalue weighted by Gasteiger charge is 2.33. The Balaban J connectivity index is 1.10. The Hall–Kier alpha value is -0.730. The first kappa shape index (κ1) is 22.5. The Labute approximate surface area is 181 Å². The van der Waals surface area contributed by atoms with E-state index >= 15 is 0 Å². The SMILES string of the molecule is COC1CCC(C2CNC(NC3CCC(CN4CCC(C(=O)O)C4)CC3)NC2)CC1. The lowest BCUT2D eigenvalue weighted by Crippen LogP contribution is -2.63. The predicted octanol–water partition coefficient (Wildman–Crippen LogP) is 1.84. The minimum Gasteiger partial charge on any atom is -0.481 e. The number of likely N-dealkylation sites (tertiary alicyclic amines) is 1. The summed E-state index contributed by atoms with van der Waals surface area (Å²) < 4.78 is 5.52. The highest BCUT2D eigenvalue weighted by atomic mass is 16.5. The van der Waals surface area contributed by atoms with E-state index in [0.29, 0.717) is 12.1 Å². The Morgan fingerprint density at radius 1 is 1.00 bits per heavy atom. The number of hydrogen-bond donors (Lipinski definition) is 4. The minimum atomic E-state index is -0.622. The highest BCUT2D eigenvalue weighted by Crippen LogP contribution is 2.32. The number of carboxylic acids is 1. The van der Waals surface area contributed by atoms with Crippen LogP contribution in [-0.2, 0) is 9.53 Å². The minimum absolute atomic E-state index is 0.148. The predicted molar refractivity (Wildman–Crippen MR) is 117 cm³/mol. The van der Waals surface area contributed by atoms with E-state index in [9.17, 15) is 9.90 Å². The van der Waals surface area contributed by atoms with Crippen molar-refractivity contribution in [3.63, 3.8) is 0 Å². The summed E-state index contributed by atoms with van der Waals surface area (Å²) in [5.74, 6) is 1.54. The highest BCUT2D eigenvalue weighted by molar-refractivity contribution is 5.70. The lowest BCUT2D eigenvalue weighted by atomic mass is 9.78. The fourth-order valence-corrected chi connectivity index (χ4v) is 6.24. The largest absolute Gasteiger partial charge is 0.481 e. The van der Waals surface area contributed by atoms with Crippen molar-refractivity contribution in [3.8, 4) is 0 Å². The van der Waals surface area contributed by atoms with Gasteiger partial charge in [-0.15, -0.1) is 0 Å². The molecule has 0 bridgehead atoms. The number of hydrogen-bond acceptors (Lipinski definition) is 6. The van der Waals surface area contributed by atoms with E-state index in [-0.39, 0.29) is 12.2 Å². The van der Waals surface area contributed by atoms with Crippen LogP contribution in [0.5, 0.6) is 0 Å². The van der Waals surface area contributed by atoms with Gasteiger partial charge in [-0.25, -0.2) is 0 Å². The van der Waals surface area contributed by atoms with Crippen molar-refractivity contribution in [3.05, 3.63) is 0 Å². The maximum Gasteiger partial charge on any atom is 0.307 e. The molecule has 0 aromatic carbocycles. The number of carboxylic acid groups (broad SMARTS) is 1. The molecule has 0 radical (unpaired) electrons. The van der Waals surface area contributed by atoms with E-state index < -0.39 is 5.97 Å². The molecule has 7 heteroatoms. The maximum absolute atomic E-state index is 11.2. The van der Waals surface area contributed by atoms with Crippen LogP contribution >= 0.6 is 0 Å². The Bertz CT molecular complexity index is 539. The molecule has 0 spiro atoms. The molecule has 4 N–H and O–H groups in total. The van der Waals surface area contributed by atoms with Crippen molar-refractivity contribution in [1.82, 2.24) is 20.9 Å². The van der Waals surface area contributed by atoms with Crippen molar-refractivity contribution < 1.29 is 14.6 Å². The van der Waals surface area contributed by atoms with Crippen LogP contribution in [0.4, 0.5) is 0 Å². The van der Waals surface area contributed by atoms with Crippen LogP contribution in [0, 0.1) is 23.7 Å². The molecule has 4 aliphatic rings. The van der Waals surface area contributed by atoms with E-state index in [1.165, 1.54) is 51.4 Å². The van der Waals surface area contributed by atoms with Gasteiger partial charge in [-0.1, -0.05) is 0 Å². The van der Waals surface area contributed by atoms with Crippen LogP contribution in [0.1, 0.15) is 57.8 Å². The summed E-state index contributed by atoms with van der Waals surface area (Å²) in [6.07, 6.45) is 11.6. The topological polar surface area (TPSA) is 85.9 Å². The lowest BCUT2D eigenvalue weighted by Gasteiger charge is -2.40. The number of nitrogens with one attached hydrogen (secondary N) is 3. The first-order chi connectivity index (χ1) is 14.6. The van der Waals surface area contributed by atoms with E-state index in [1.54, 1.807) is 0 Å². The second kappa shape index (κ2) is 10.7. The fourth-order valence-electron chi connectivity index (χ4n) is 6.24. The summed E-state index contributed by atoms with van der Waals surface area (Å²) in [6, 6.07) is 0.588. The molecule has 7 nitrogen and oxygen atoms in total. The maximum atomic E-state index is 11.2. The zero-order chi connectivity index (χ0) is 20.9. The summed E-state index contributed by atoms with van der Waals surface area (Å²) in [4.78, 5) is 13.5. The van der Waals surface area contributed by atoms with Gasteiger partial charge in [-0.2, -0.15) is 0 Å². The zero-order valence-corrected chi connectivity index (χ0v) is 18.7. The quantitative estimate of drug-likeness (QED) is 0.498. The molecule has 2 aliphatic carbocycles. The van der Waals surface area contributed by atoms with Crippen LogP contribution in [0.25, 0.3) is 0 Å². The molecule has 4 fully saturated rings. The molecule has 0 aromatic rings. The Morgan fingerprint density at radius 3 is 2.30 bits per heavy atom. The van der Waals surface area contributed by atoms with Crippen LogP contribution in [-0.4, -0.2) is 74.2 Å². The van der Waals surface area contributed by atoms with E-state index in [1.807, 2.05) is 7.11 Å². The van der Waals surface area contributed by atoms with Crippen LogP contribution in [0.2, 0.25) is 0 Å². The molecule has 4 rings (SSSR count). The molecule has 2 saturated heterocycles. The van der Waals surface area contributed by atoms with Gasteiger partial charge in [0.2, 0.25) is 0 Å². The fraction of sp³-hybridized carbons (Fsp3) is 0.957. The Morgan fingerprint density at radius 2 is 1.70 bits per heavy atom. The second-order valence-corrected chi connectivity index (χ2v) is 10.2. The molecular formula is C23H42N4O3. The van der Waals surface area contributed by atoms with Gasteiger partial charge in [0.25, 0.3) is 0 Å². The van der Waals surface area contributed by atoms with Crippen molar-refractivity contribution in [2.45, 2.75) is 76.2 Å². The number of ether oxygens (including phenoxy) is 1. The average Bonchev–Trinajstić information content (AvgIpc) is 3.25. The monoisotopic (exact) mass is 422 g/mol.